The van der Waals surface area contributed by atoms with Crippen LogP contribution in [0.2, 0.25) is 5.15 Å². The van der Waals surface area contributed by atoms with E-state index in [4.69, 9.17) is 11.6 Å². The Bertz CT molecular complexity index is 578. The number of fused-ring (bicyclic) bond motifs is 1. The molecule has 0 aromatic carbocycles. The highest BCUT2D eigenvalue weighted by Gasteiger charge is 2.19. The number of aromatic nitrogens is 2. The van der Waals surface area contributed by atoms with E-state index in [1.165, 1.54) is 0 Å². The zero-order valence-electron chi connectivity index (χ0n) is 8.64. The molecule has 0 saturated heterocycles. The Morgan fingerprint density at radius 2 is 2.06 bits per heavy atom. The van der Waals surface area contributed by atoms with E-state index < -0.39 is 0 Å². The molecule has 0 amide bonds. The molecular weight excluding hydrogens is 387 g/mol. The molecule has 0 spiro atoms. The summed E-state index contributed by atoms with van der Waals surface area (Å²) >= 11 is 14.8. The first kappa shape index (κ1) is 12.1. The molecule has 2 aromatic heterocycles. The third-order valence-corrected chi connectivity index (χ3v) is 6.31. The third-order valence-electron chi connectivity index (χ3n) is 2.75. The Balaban J connectivity index is 2.13. The van der Waals surface area contributed by atoms with Crippen molar-refractivity contribution in [1.82, 2.24) is 9.97 Å². The van der Waals surface area contributed by atoms with Crippen LogP contribution in [0.5, 0.6) is 0 Å². The van der Waals surface area contributed by atoms with Gasteiger partial charge < -0.3 is 0 Å². The topological polar surface area (TPSA) is 25.8 Å². The van der Waals surface area contributed by atoms with Gasteiger partial charge in [0.15, 0.2) is 5.82 Å². The fourth-order valence-corrected chi connectivity index (χ4v) is 4.21. The molecule has 6 heteroatoms. The van der Waals surface area contributed by atoms with Gasteiger partial charge in [-0.1, -0.05) is 11.6 Å². The predicted octanol–water partition coefficient (Wildman–Crippen LogP) is 4.87. The van der Waals surface area contributed by atoms with Gasteiger partial charge in [-0.25, -0.2) is 9.97 Å². The van der Waals surface area contributed by atoms with E-state index in [-0.39, 0.29) is 0 Å². The van der Waals surface area contributed by atoms with Gasteiger partial charge in [-0.3, -0.25) is 0 Å². The van der Waals surface area contributed by atoms with Crippen LogP contribution in [0.1, 0.15) is 17.7 Å². The summed E-state index contributed by atoms with van der Waals surface area (Å²) in [5.41, 5.74) is 2.24. The van der Waals surface area contributed by atoms with Crippen LogP contribution in [0.25, 0.3) is 10.7 Å². The molecule has 2 aromatic rings. The van der Waals surface area contributed by atoms with Crippen LogP contribution in [-0.2, 0) is 12.8 Å². The van der Waals surface area contributed by atoms with Crippen LogP contribution < -0.4 is 0 Å². The Morgan fingerprint density at radius 1 is 1.24 bits per heavy atom. The van der Waals surface area contributed by atoms with Crippen LogP contribution >= 0.6 is 54.8 Å². The standard InChI is InChI=1S/C11H7Br2ClN2S/c12-6-4-8(17-9(6)13)11-15-7-3-1-2-5(7)10(14)16-11/h4H,1-3H2. The average Bonchev–Trinajstić information content (AvgIpc) is 2.87. The van der Waals surface area contributed by atoms with E-state index in [1.807, 2.05) is 6.07 Å². The number of rotatable bonds is 1. The molecule has 88 valence electrons. The summed E-state index contributed by atoms with van der Waals surface area (Å²) in [5, 5.41) is 0.614. The van der Waals surface area contributed by atoms with E-state index in [2.05, 4.69) is 41.8 Å². The summed E-state index contributed by atoms with van der Waals surface area (Å²) in [7, 11) is 0. The van der Waals surface area contributed by atoms with Crippen molar-refractivity contribution in [2.24, 2.45) is 0 Å². The largest absolute Gasteiger partial charge is 0.232 e. The SMILES string of the molecule is Clc1nc(-c2cc(Br)c(Br)s2)nc2c1CCC2. The van der Waals surface area contributed by atoms with Crippen molar-refractivity contribution in [3.8, 4) is 10.7 Å². The van der Waals surface area contributed by atoms with E-state index in [9.17, 15) is 0 Å². The lowest BCUT2D eigenvalue weighted by atomic mass is 10.2. The van der Waals surface area contributed by atoms with Gasteiger partial charge in [-0.05, 0) is 57.2 Å². The molecule has 0 saturated carbocycles. The van der Waals surface area contributed by atoms with Crippen molar-refractivity contribution < 1.29 is 0 Å². The fourth-order valence-electron chi connectivity index (χ4n) is 1.95. The fraction of sp³-hybridized carbons (Fsp3) is 0.273. The first-order chi connectivity index (χ1) is 8.15. The summed E-state index contributed by atoms with van der Waals surface area (Å²) in [6, 6.07) is 2.02. The zero-order valence-corrected chi connectivity index (χ0v) is 13.4. The summed E-state index contributed by atoms with van der Waals surface area (Å²) < 4.78 is 2.07. The van der Waals surface area contributed by atoms with Crippen molar-refractivity contribution in [1.29, 1.82) is 0 Å². The molecular formula is C11H7Br2ClN2S. The molecule has 17 heavy (non-hydrogen) atoms. The highest BCUT2D eigenvalue weighted by molar-refractivity contribution is 9.13. The average molecular weight is 395 g/mol. The number of hydrogen-bond acceptors (Lipinski definition) is 3. The van der Waals surface area contributed by atoms with Crippen molar-refractivity contribution in [3.63, 3.8) is 0 Å². The highest BCUT2D eigenvalue weighted by Crippen LogP contribution is 2.38. The monoisotopic (exact) mass is 392 g/mol. The molecule has 3 rings (SSSR count). The van der Waals surface area contributed by atoms with Gasteiger partial charge in [0.2, 0.25) is 0 Å². The molecule has 0 aliphatic heterocycles. The molecule has 0 fully saturated rings. The van der Waals surface area contributed by atoms with Gasteiger partial charge in [-0.2, -0.15) is 0 Å². The van der Waals surface area contributed by atoms with Gasteiger partial charge in [-0.15, -0.1) is 11.3 Å². The van der Waals surface area contributed by atoms with Gasteiger partial charge in [0.25, 0.3) is 0 Å². The Labute approximate surface area is 125 Å². The quantitative estimate of drug-likeness (QED) is 0.645. The molecule has 2 nitrogen and oxygen atoms in total. The summed E-state index contributed by atoms with van der Waals surface area (Å²) in [4.78, 5) is 10.0. The molecule has 0 bridgehead atoms. The van der Waals surface area contributed by atoms with E-state index in [0.29, 0.717) is 5.15 Å². The molecule has 1 aliphatic carbocycles. The van der Waals surface area contributed by atoms with Crippen LogP contribution in [-0.4, -0.2) is 9.97 Å². The molecule has 0 radical (unpaired) electrons. The minimum atomic E-state index is 0.614. The second-order valence-electron chi connectivity index (χ2n) is 3.85. The number of thiophene rings is 1. The van der Waals surface area contributed by atoms with Crippen LogP contribution in [0.15, 0.2) is 14.3 Å². The second-order valence-corrected chi connectivity index (χ2v) is 7.43. The summed E-state index contributed by atoms with van der Waals surface area (Å²) in [6.45, 7) is 0. The Hall–Kier alpha value is 0.0300. The first-order valence-electron chi connectivity index (χ1n) is 5.15. The van der Waals surface area contributed by atoms with Crippen molar-refractivity contribution >= 4 is 54.8 Å². The summed E-state index contributed by atoms with van der Waals surface area (Å²) in [6.07, 6.45) is 3.15. The van der Waals surface area contributed by atoms with Crippen molar-refractivity contribution in [3.05, 3.63) is 30.7 Å². The Kier molecular flexibility index (Phi) is 3.28. The third kappa shape index (κ3) is 2.18. The maximum atomic E-state index is 6.20. The van der Waals surface area contributed by atoms with E-state index >= 15 is 0 Å². The van der Waals surface area contributed by atoms with Gasteiger partial charge in [0.1, 0.15) is 5.15 Å². The second kappa shape index (κ2) is 4.61. The minimum absolute atomic E-state index is 0.614. The number of hydrogen-bond donors (Lipinski definition) is 0. The van der Waals surface area contributed by atoms with E-state index in [0.717, 1.165) is 49.5 Å². The van der Waals surface area contributed by atoms with Crippen molar-refractivity contribution in [2.75, 3.05) is 0 Å². The van der Waals surface area contributed by atoms with Crippen LogP contribution in [0.3, 0.4) is 0 Å². The molecule has 1 aliphatic rings. The van der Waals surface area contributed by atoms with Crippen LogP contribution in [0, 0.1) is 0 Å². The number of halogens is 3. The highest BCUT2D eigenvalue weighted by atomic mass is 79.9. The normalized spacial score (nSPS) is 14.1. The van der Waals surface area contributed by atoms with E-state index in [1.54, 1.807) is 11.3 Å². The molecule has 0 atom stereocenters. The predicted molar refractivity (Wildman–Crippen MR) is 77.8 cm³/mol. The maximum absolute atomic E-state index is 6.20. The zero-order chi connectivity index (χ0) is 12.0. The van der Waals surface area contributed by atoms with Gasteiger partial charge >= 0.3 is 0 Å². The van der Waals surface area contributed by atoms with Crippen molar-refractivity contribution in [2.45, 2.75) is 19.3 Å². The number of aryl methyl sites for hydroxylation is 1. The molecule has 0 N–H and O–H groups in total. The minimum Gasteiger partial charge on any atom is -0.232 e. The lowest BCUT2D eigenvalue weighted by Crippen LogP contribution is -1.96. The lowest BCUT2D eigenvalue weighted by molar-refractivity contribution is 0.900. The molecule has 2 heterocycles. The number of nitrogens with zero attached hydrogens (tertiary/aromatic N) is 2. The van der Waals surface area contributed by atoms with Crippen LogP contribution in [0.4, 0.5) is 0 Å². The summed E-state index contributed by atoms with van der Waals surface area (Å²) in [5.74, 6) is 0.729. The maximum Gasteiger partial charge on any atom is 0.171 e. The molecule has 0 unspecified atom stereocenters. The first-order valence-corrected chi connectivity index (χ1v) is 7.93. The smallest absolute Gasteiger partial charge is 0.171 e. The van der Waals surface area contributed by atoms with Gasteiger partial charge in [0.05, 0.1) is 8.66 Å². The Morgan fingerprint density at radius 3 is 2.76 bits per heavy atom. The van der Waals surface area contributed by atoms with Gasteiger partial charge in [0, 0.05) is 15.7 Å². The lowest BCUT2D eigenvalue weighted by Gasteiger charge is -2.03.